The number of carbonyl (C=O) groups is 1. The van der Waals surface area contributed by atoms with Crippen LogP contribution in [-0.4, -0.2) is 30.9 Å². The van der Waals surface area contributed by atoms with Crippen LogP contribution in [0.15, 0.2) is 82.2 Å². The molecule has 1 aromatic heterocycles. The molecule has 2 aromatic carbocycles. The third-order valence-corrected chi connectivity index (χ3v) is 6.49. The lowest BCUT2D eigenvalue weighted by atomic mass is 9.96. The summed E-state index contributed by atoms with van der Waals surface area (Å²) in [4.78, 5) is 31.8. The van der Waals surface area contributed by atoms with Crippen molar-refractivity contribution in [1.82, 2.24) is 4.57 Å². The smallest absolute Gasteiger partial charge is 0.338 e. The lowest BCUT2D eigenvalue weighted by Crippen LogP contribution is -2.39. The number of hydrogen-bond donors (Lipinski definition) is 0. The van der Waals surface area contributed by atoms with Crippen molar-refractivity contribution >= 4 is 23.4 Å². The second kappa shape index (κ2) is 10.6. The zero-order valence-corrected chi connectivity index (χ0v) is 20.6. The first kappa shape index (κ1) is 24.2. The van der Waals surface area contributed by atoms with E-state index in [4.69, 9.17) is 14.2 Å². The molecule has 0 fully saturated rings. The molecule has 4 rings (SSSR count). The van der Waals surface area contributed by atoms with Crippen LogP contribution in [0.25, 0.3) is 6.08 Å². The van der Waals surface area contributed by atoms with Crippen molar-refractivity contribution in [3.05, 3.63) is 103 Å². The maximum absolute atomic E-state index is 13.7. The number of carbonyl (C=O) groups excluding carboxylic acids is 1. The Bertz CT molecular complexity index is 1460. The van der Waals surface area contributed by atoms with Gasteiger partial charge in [0.05, 0.1) is 35.6 Å². The fourth-order valence-corrected chi connectivity index (χ4v) is 4.97. The maximum atomic E-state index is 13.7. The monoisotopic (exact) mass is 490 g/mol. The number of methoxy groups -OCH3 is 1. The second-order valence-corrected chi connectivity index (χ2v) is 8.72. The highest BCUT2D eigenvalue weighted by Gasteiger charge is 2.33. The van der Waals surface area contributed by atoms with Crippen molar-refractivity contribution in [3.63, 3.8) is 0 Å². The molecule has 8 heteroatoms. The minimum Gasteiger partial charge on any atom is -0.496 e. The molecule has 0 aliphatic carbocycles. The van der Waals surface area contributed by atoms with Crippen molar-refractivity contribution in [2.24, 2.45) is 4.99 Å². The van der Waals surface area contributed by atoms with Gasteiger partial charge in [-0.3, -0.25) is 9.36 Å². The molecule has 1 aliphatic rings. The van der Waals surface area contributed by atoms with E-state index in [0.29, 0.717) is 38.7 Å². The first-order valence-electron chi connectivity index (χ1n) is 11.1. The number of benzene rings is 2. The van der Waals surface area contributed by atoms with Crippen LogP contribution in [0.5, 0.6) is 11.5 Å². The zero-order chi connectivity index (χ0) is 24.9. The fourth-order valence-electron chi connectivity index (χ4n) is 3.94. The van der Waals surface area contributed by atoms with E-state index in [1.807, 2.05) is 48.5 Å². The lowest BCUT2D eigenvalue weighted by Gasteiger charge is -2.24. The average molecular weight is 491 g/mol. The van der Waals surface area contributed by atoms with E-state index in [0.717, 1.165) is 11.1 Å². The van der Waals surface area contributed by atoms with Crippen LogP contribution in [0.2, 0.25) is 0 Å². The van der Waals surface area contributed by atoms with E-state index in [2.05, 4.69) is 11.6 Å². The first-order chi connectivity index (χ1) is 17.0. The largest absolute Gasteiger partial charge is 0.496 e. The zero-order valence-electron chi connectivity index (χ0n) is 19.8. The summed E-state index contributed by atoms with van der Waals surface area (Å²) in [5.41, 5.74) is 2.14. The minimum absolute atomic E-state index is 0.217. The highest BCUT2D eigenvalue weighted by atomic mass is 32.1. The van der Waals surface area contributed by atoms with Gasteiger partial charge in [-0.05, 0) is 43.7 Å². The Morgan fingerprint density at radius 2 is 1.94 bits per heavy atom. The van der Waals surface area contributed by atoms with Gasteiger partial charge in [-0.15, -0.1) is 0 Å². The molecular weight excluding hydrogens is 464 g/mol. The van der Waals surface area contributed by atoms with E-state index in [1.165, 1.54) is 11.3 Å². The van der Waals surface area contributed by atoms with Crippen molar-refractivity contribution in [2.75, 3.05) is 20.3 Å². The van der Waals surface area contributed by atoms with Crippen LogP contribution in [0.4, 0.5) is 0 Å². The molecule has 0 saturated carbocycles. The number of fused-ring (bicyclic) bond motifs is 1. The molecule has 0 bridgehead atoms. The van der Waals surface area contributed by atoms with Crippen LogP contribution in [0.3, 0.4) is 0 Å². The SMILES string of the molecule is C=CCOc1ccc(C2C(C(=O)OCC)=C(C)N=c3s/c(=C/c4ccccc4OC)c(=O)n32)cc1. The highest BCUT2D eigenvalue weighted by molar-refractivity contribution is 7.07. The summed E-state index contributed by atoms with van der Waals surface area (Å²) in [5.74, 6) is 0.828. The summed E-state index contributed by atoms with van der Waals surface area (Å²) in [6.45, 7) is 7.77. The third kappa shape index (κ3) is 4.83. The standard InChI is InChI=1S/C27H26N2O5S/c1-5-15-34-20-13-11-18(12-14-20)24-23(26(31)33-6-2)17(3)28-27-29(24)25(30)22(35-27)16-19-9-7-8-10-21(19)32-4/h5,7-14,16,24H,1,6,15H2,2-4H3/b22-16+. The molecule has 0 amide bonds. The van der Waals surface area contributed by atoms with Crippen molar-refractivity contribution in [1.29, 1.82) is 0 Å². The van der Waals surface area contributed by atoms with Crippen LogP contribution >= 0.6 is 11.3 Å². The number of hydrogen-bond acceptors (Lipinski definition) is 7. The van der Waals surface area contributed by atoms with Gasteiger partial charge >= 0.3 is 5.97 Å². The van der Waals surface area contributed by atoms with Crippen molar-refractivity contribution < 1.29 is 19.0 Å². The Hall–Kier alpha value is -3.91. The third-order valence-electron chi connectivity index (χ3n) is 5.51. The van der Waals surface area contributed by atoms with E-state index in [9.17, 15) is 9.59 Å². The molecule has 1 atom stereocenters. The van der Waals surface area contributed by atoms with Gasteiger partial charge in [-0.2, -0.15) is 0 Å². The molecule has 0 spiro atoms. The molecular formula is C27H26N2O5S. The number of allylic oxidation sites excluding steroid dienone is 1. The minimum atomic E-state index is -0.682. The summed E-state index contributed by atoms with van der Waals surface area (Å²) in [5, 5.41) is 0. The predicted octanol–water partition coefficient (Wildman–Crippen LogP) is 3.37. The van der Waals surface area contributed by atoms with Crippen molar-refractivity contribution in [2.45, 2.75) is 19.9 Å². The molecule has 180 valence electrons. The van der Waals surface area contributed by atoms with E-state index < -0.39 is 12.0 Å². The summed E-state index contributed by atoms with van der Waals surface area (Å²) in [6, 6.07) is 14.1. The summed E-state index contributed by atoms with van der Waals surface area (Å²) in [6.07, 6.45) is 3.45. The topological polar surface area (TPSA) is 79.1 Å². The average Bonchev–Trinajstić information content (AvgIpc) is 3.17. The Kier molecular flexibility index (Phi) is 7.31. The number of esters is 1. The summed E-state index contributed by atoms with van der Waals surface area (Å²) in [7, 11) is 1.59. The molecule has 1 aliphatic heterocycles. The van der Waals surface area contributed by atoms with Crippen molar-refractivity contribution in [3.8, 4) is 11.5 Å². The Balaban J connectivity index is 1.90. The molecule has 0 saturated heterocycles. The molecule has 0 N–H and O–H groups in total. The first-order valence-corrected chi connectivity index (χ1v) is 12.0. The fraction of sp³-hybridized carbons (Fsp3) is 0.222. The van der Waals surface area contributed by atoms with Gasteiger partial charge < -0.3 is 14.2 Å². The molecule has 0 radical (unpaired) electrons. The molecule has 7 nitrogen and oxygen atoms in total. The van der Waals surface area contributed by atoms with Gasteiger partial charge in [0, 0.05) is 5.56 Å². The second-order valence-electron chi connectivity index (χ2n) is 7.71. The molecule has 1 unspecified atom stereocenters. The van der Waals surface area contributed by atoms with Gasteiger partial charge in [-0.25, -0.2) is 9.79 Å². The van der Waals surface area contributed by atoms with E-state index in [1.54, 1.807) is 37.7 Å². The van der Waals surface area contributed by atoms with Gasteiger partial charge in [0.25, 0.3) is 5.56 Å². The maximum Gasteiger partial charge on any atom is 0.338 e. The van der Waals surface area contributed by atoms with Crippen LogP contribution < -0.4 is 24.4 Å². The van der Waals surface area contributed by atoms with Gasteiger partial charge in [0.2, 0.25) is 0 Å². The molecule has 2 heterocycles. The number of ether oxygens (including phenoxy) is 3. The van der Waals surface area contributed by atoms with Crippen LogP contribution in [-0.2, 0) is 9.53 Å². The van der Waals surface area contributed by atoms with Gasteiger partial charge in [0.15, 0.2) is 4.80 Å². The Labute approximate surface area is 206 Å². The number of rotatable bonds is 8. The lowest BCUT2D eigenvalue weighted by molar-refractivity contribution is -0.139. The van der Waals surface area contributed by atoms with Crippen LogP contribution in [0.1, 0.15) is 31.0 Å². The Morgan fingerprint density at radius 3 is 2.63 bits per heavy atom. The number of aromatic nitrogens is 1. The van der Waals surface area contributed by atoms with Gasteiger partial charge in [-0.1, -0.05) is 54.3 Å². The molecule has 3 aromatic rings. The predicted molar refractivity (Wildman–Crippen MR) is 136 cm³/mol. The number of nitrogens with zero attached hydrogens (tertiary/aromatic N) is 2. The quantitative estimate of drug-likeness (QED) is 0.357. The summed E-state index contributed by atoms with van der Waals surface area (Å²) >= 11 is 1.27. The van der Waals surface area contributed by atoms with E-state index >= 15 is 0 Å². The number of thiazole rings is 1. The van der Waals surface area contributed by atoms with Gasteiger partial charge in [0.1, 0.15) is 18.1 Å². The normalized spacial score (nSPS) is 15.3. The number of para-hydroxylation sites is 1. The van der Waals surface area contributed by atoms with Crippen LogP contribution in [0, 0.1) is 0 Å². The summed E-state index contributed by atoms with van der Waals surface area (Å²) < 4.78 is 18.4. The molecule has 35 heavy (non-hydrogen) atoms. The Morgan fingerprint density at radius 1 is 1.20 bits per heavy atom. The highest BCUT2D eigenvalue weighted by Crippen LogP contribution is 2.31. The van der Waals surface area contributed by atoms with E-state index in [-0.39, 0.29) is 12.2 Å².